The van der Waals surface area contributed by atoms with Gasteiger partial charge in [-0.05, 0) is 54.7 Å². The second-order valence-corrected chi connectivity index (χ2v) is 11.8. The summed E-state index contributed by atoms with van der Waals surface area (Å²) >= 11 is 0. The van der Waals surface area contributed by atoms with Gasteiger partial charge in [0, 0.05) is 17.0 Å². The molecule has 0 saturated heterocycles. The molecule has 36 heavy (non-hydrogen) atoms. The molecule has 1 aromatic heterocycles. The summed E-state index contributed by atoms with van der Waals surface area (Å²) in [6, 6.07) is 23.5. The van der Waals surface area contributed by atoms with Crippen LogP contribution in [0, 0.1) is 5.71 Å². The molecule has 2 nitrogen and oxygen atoms in total. The number of hydrogen-bond acceptors (Lipinski definition) is 0. The fraction of sp³-hybridized carbons (Fsp3) is 0.412. The van der Waals surface area contributed by atoms with Gasteiger partial charge in [0.25, 0.3) is 5.71 Å². The van der Waals surface area contributed by atoms with E-state index in [4.69, 9.17) is 0 Å². The highest BCUT2D eigenvalue weighted by Crippen LogP contribution is 2.42. The van der Waals surface area contributed by atoms with Crippen LogP contribution < -0.4 is 14.3 Å². The average Bonchev–Trinajstić information content (AvgIpc) is 3.50. The Kier molecular flexibility index (Phi) is 4.85. The lowest BCUT2D eigenvalue weighted by atomic mass is 9.75. The quantitative estimate of drug-likeness (QED) is 0.228. The van der Waals surface area contributed by atoms with E-state index in [1.807, 2.05) is 0 Å². The summed E-state index contributed by atoms with van der Waals surface area (Å²) in [7, 11) is 0. The molecule has 180 valence electrons. The first-order valence-electron chi connectivity index (χ1n) is 14.5. The van der Waals surface area contributed by atoms with Gasteiger partial charge >= 0.3 is 5.49 Å². The molecule has 3 aromatic carbocycles. The lowest BCUT2D eigenvalue weighted by molar-refractivity contribution is -0.502. The van der Waals surface area contributed by atoms with E-state index in [0.717, 1.165) is 13.1 Å². The van der Waals surface area contributed by atoms with Crippen LogP contribution in [0.3, 0.4) is 0 Å². The van der Waals surface area contributed by atoms with Crippen LogP contribution in [0.1, 0.15) is 98.3 Å². The van der Waals surface area contributed by atoms with Gasteiger partial charge in [-0.1, -0.05) is 91.3 Å². The third-order valence-electron chi connectivity index (χ3n) is 9.80. The van der Waals surface area contributed by atoms with Gasteiger partial charge in [0.05, 0.1) is 10.9 Å². The number of hydrogen-bond donors (Lipinski definition) is 0. The zero-order valence-corrected chi connectivity index (χ0v) is 21.3. The van der Waals surface area contributed by atoms with E-state index in [0.29, 0.717) is 11.8 Å². The summed E-state index contributed by atoms with van der Waals surface area (Å²) in [5, 5.41) is 4.31. The number of para-hydroxylation sites is 1. The lowest BCUT2D eigenvalue weighted by Gasteiger charge is -2.28. The predicted octanol–water partition coefficient (Wildman–Crippen LogP) is 6.82. The molecule has 0 unspecified atom stereocenters. The number of fused-ring (bicyclic) bond motifs is 3. The van der Waals surface area contributed by atoms with Gasteiger partial charge in [-0.3, -0.25) is 0 Å². The number of aromatic nitrogens is 1. The van der Waals surface area contributed by atoms with Gasteiger partial charge in [0.2, 0.25) is 12.1 Å². The van der Waals surface area contributed by atoms with Crippen molar-refractivity contribution in [2.75, 3.05) is 6.54 Å². The summed E-state index contributed by atoms with van der Waals surface area (Å²) in [5.74, 6) is 1.43. The van der Waals surface area contributed by atoms with Gasteiger partial charge in [-0.2, -0.15) is 4.58 Å². The molecule has 0 amide bonds. The third kappa shape index (κ3) is 3.03. The fourth-order valence-corrected chi connectivity index (χ4v) is 8.20. The van der Waals surface area contributed by atoms with Crippen molar-refractivity contribution < 1.29 is 4.24 Å². The predicted molar refractivity (Wildman–Crippen MR) is 147 cm³/mol. The highest BCUT2D eigenvalue weighted by Gasteiger charge is 2.42. The minimum atomic E-state index is 0.716. The number of pyridine rings is 1. The van der Waals surface area contributed by atoms with Crippen molar-refractivity contribution in [1.29, 1.82) is 0 Å². The third-order valence-corrected chi connectivity index (χ3v) is 9.80. The van der Waals surface area contributed by atoms with Crippen LogP contribution >= 0.6 is 0 Å². The van der Waals surface area contributed by atoms with Crippen LogP contribution in [-0.4, -0.2) is 6.54 Å². The van der Waals surface area contributed by atoms with Crippen molar-refractivity contribution in [3.8, 4) is 0 Å². The molecule has 0 N–H and O–H groups in total. The van der Waals surface area contributed by atoms with Crippen LogP contribution in [0.15, 0.2) is 60.7 Å². The zero-order chi connectivity index (χ0) is 23.6. The Morgan fingerprint density at radius 2 is 1.22 bits per heavy atom. The minimum absolute atomic E-state index is 0.716. The molecule has 0 spiro atoms. The van der Waals surface area contributed by atoms with Crippen LogP contribution in [0.25, 0.3) is 21.7 Å². The van der Waals surface area contributed by atoms with Gasteiger partial charge in [0.1, 0.15) is 5.39 Å². The molecule has 3 heterocycles. The molecule has 2 saturated carbocycles. The summed E-state index contributed by atoms with van der Waals surface area (Å²) in [4.78, 5) is 0. The van der Waals surface area contributed by atoms with E-state index in [1.54, 1.807) is 22.4 Å². The monoisotopic (exact) mass is 472 g/mol. The van der Waals surface area contributed by atoms with Crippen LogP contribution in [0.2, 0.25) is 0 Å². The normalized spacial score (nSPS) is 20.2. The first kappa shape index (κ1) is 21.1. The largest absolute Gasteiger partial charge is 0.454 e. The number of benzene rings is 3. The molecule has 2 fully saturated rings. The summed E-state index contributed by atoms with van der Waals surface area (Å²) in [6.07, 6.45) is 13.8. The summed E-state index contributed by atoms with van der Waals surface area (Å²) < 4.78 is 5.36. The maximum atomic E-state index is 2.70. The van der Waals surface area contributed by atoms with Gasteiger partial charge < -0.3 is 0 Å². The Hall–Kier alpha value is -3.00. The van der Waals surface area contributed by atoms with Gasteiger partial charge in [-0.15, -0.1) is 0 Å². The minimum Gasteiger partial charge on any atom is -0.158 e. The van der Waals surface area contributed by atoms with Crippen molar-refractivity contribution in [3.05, 3.63) is 94.1 Å². The lowest BCUT2D eigenvalue weighted by Crippen LogP contribution is -2.41. The maximum absolute atomic E-state index is 2.70. The molecule has 2 heteroatoms. The molecule has 0 radical (unpaired) electrons. The first-order valence-corrected chi connectivity index (χ1v) is 14.5. The van der Waals surface area contributed by atoms with E-state index >= 15 is 0 Å². The van der Waals surface area contributed by atoms with E-state index < -0.39 is 0 Å². The van der Waals surface area contributed by atoms with Gasteiger partial charge in [-0.25, -0.2) is 0 Å². The Labute approximate surface area is 213 Å². The summed E-state index contributed by atoms with van der Waals surface area (Å²) in [6.45, 7) is 2.07. The van der Waals surface area contributed by atoms with E-state index in [2.05, 4.69) is 69.5 Å². The van der Waals surface area contributed by atoms with Crippen molar-refractivity contribution in [3.63, 3.8) is 0 Å². The van der Waals surface area contributed by atoms with Gasteiger partial charge in [0.15, 0.2) is 6.54 Å². The molecule has 8 rings (SSSR count). The van der Waals surface area contributed by atoms with Crippen molar-refractivity contribution in [1.82, 2.24) is 4.58 Å². The standard InChI is InChI=1S/C34H36N2/c1-3-11-23(12-4-1)26-17-10-18-27(24-13-5-2-6-14-24)33(26)31-22-35-21-25-15-9-19-29-28-16-7-8-20-30(28)36(31)34(35)32(25)29/h7-10,15-20,23-24H,1-6,11-14,21-22H2/q+2. The number of nitrogens with zero attached hydrogens (tertiary/aromatic N) is 2. The number of rotatable bonds is 3. The molecule has 4 aromatic rings. The summed E-state index contributed by atoms with van der Waals surface area (Å²) in [5.41, 5.74) is 10.8. The van der Waals surface area contributed by atoms with Crippen molar-refractivity contribution >= 4 is 21.7 Å². The molecule has 4 aliphatic rings. The zero-order valence-electron chi connectivity index (χ0n) is 21.3. The van der Waals surface area contributed by atoms with Crippen LogP contribution in [0.4, 0.5) is 0 Å². The molecule has 2 aliphatic carbocycles. The Balaban J connectivity index is 1.50. The van der Waals surface area contributed by atoms with E-state index in [-0.39, 0.29) is 0 Å². The fourth-order valence-electron chi connectivity index (χ4n) is 8.20. The highest BCUT2D eigenvalue weighted by molar-refractivity contribution is 6.05. The molecule has 2 aliphatic heterocycles. The second kappa shape index (κ2) is 8.26. The van der Waals surface area contributed by atoms with Crippen LogP contribution in [0.5, 0.6) is 0 Å². The average molecular weight is 473 g/mol. The molecule has 0 bridgehead atoms. The van der Waals surface area contributed by atoms with E-state index in [1.165, 1.54) is 96.9 Å². The van der Waals surface area contributed by atoms with Crippen molar-refractivity contribution in [2.45, 2.75) is 82.6 Å². The van der Waals surface area contributed by atoms with Crippen molar-refractivity contribution in [2.24, 2.45) is 0 Å². The Morgan fingerprint density at radius 1 is 0.583 bits per heavy atom. The SMILES string of the molecule is c1cc(C2CCCCC2)c(C2=[n+]3c4c5c(cccc5c5ccccc53)C[N+]=4C2)c(C2CCCCC2)c1. The van der Waals surface area contributed by atoms with E-state index in [9.17, 15) is 0 Å². The Bertz CT molecular complexity index is 1610. The first-order chi connectivity index (χ1) is 17.9. The van der Waals surface area contributed by atoms with Crippen LogP contribution in [-0.2, 0) is 6.54 Å². The Morgan fingerprint density at radius 3 is 1.94 bits per heavy atom. The molecular formula is C34H36N2+2. The highest BCUT2D eigenvalue weighted by atomic mass is 15.1. The maximum Gasteiger partial charge on any atom is 0.454 e. The smallest absolute Gasteiger partial charge is 0.158 e. The second-order valence-electron chi connectivity index (χ2n) is 11.8. The molecule has 0 atom stereocenters. The topological polar surface area (TPSA) is 8.91 Å². The molecular weight excluding hydrogens is 436 g/mol.